The highest BCUT2D eigenvalue weighted by Gasteiger charge is 1.98. The van der Waals surface area contributed by atoms with Crippen molar-refractivity contribution in [2.24, 2.45) is 0 Å². The topological polar surface area (TPSA) is 59.1 Å². The standard InChI is InChI=1S/C5H5FN2O/c6-5-3(9)1-2-4(7)8-5/h1-2,9H,(H2,7,8). The van der Waals surface area contributed by atoms with Crippen LogP contribution in [0.15, 0.2) is 12.1 Å². The third-order valence-electron chi connectivity index (χ3n) is 0.851. The summed E-state index contributed by atoms with van der Waals surface area (Å²) in [5.74, 6) is -1.36. The first-order chi connectivity index (χ1) is 4.20. The molecule has 1 aromatic rings. The van der Waals surface area contributed by atoms with Crippen LogP contribution in [-0.2, 0) is 0 Å². The highest BCUT2D eigenvalue weighted by atomic mass is 19.1. The van der Waals surface area contributed by atoms with E-state index in [9.17, 15) is 4.39 Å². The Kier molecular flexibility index (Phi) is 1.22. The molecule has 3 nitrogen and oxygen atoms in total. The van der Waals surface area contributed by atoms with Crippen molar-refractivity contribution in [1.82, 2.24) is 4.98 Å². The summed E-state index contributed by atoms with van der Waals surface area (Å²) in [7, 11) is 0. The highest BCUT2D eigenvalue weighted by Crippen LogP contribution is 2.12. The first kappa shape index (κ1) is 5.81. The smallest absolute Gasteiger partial charge is 0.256 e. The summed E-state index contributed by atoms with van der Waals surface area (Å²) in [5.41, 5.74) is 5.07. The van der Waals surface area contributed by atoms with Crippen molar-refractivity contribution in [1.29, 1.82) is 0 Å². The number of hydrogen-bond donors (Lipinski definition) is 2. The van der Waals surface area contributed by atoms with E-state index in [1.54, 1.807) is 0 Å². The van der Waals surface area contributed by atoms with Crippen LogP contribution >= 0.6 is 0 Å². The third-order valence-corrected chi connectivity index (χ3v) is 0.851. The van der Waals surface area contributed by atoms with Gasteiger partial charge in [-0.1, -0.05) is 0 Å². The molecule has 3 N–H and O–H groups in total. The summed E-state index contributed by atoms with van der Waals surface area (Å²) in [4.78, 5) is 3.13. The average Bonchev–Trinajstić information content (AvgIpc) is 1.80. The summed E-state index contributed by atoms with van der Waals surface area (Å²) in [5, 5.41) is 8.55. The van der Waals surface area contributed by atoms with E-state index in [4.69, 9.17) is 10.8 Å². The fraction of sp³-hybridized carbons (Fsp3) is 0. The van der Waals surface area contributed by atoms with Crippen molar-refractivity contribution >= 4 is 5.82 Å². The van der Waals surface area contributed by atoms with Crippen molar-refractivity contribution in [3.63, 3.8) is 0 Å². The Morgan fingerprint density at radius 2 is 2.22 bits per heavy atom. The Morgan fingerprint density at radius 1 is 1.56 bits per heavy atom. The molecule has 0 aromatic carbocycles. The summed E-state index contributed by atoms with van der Waals surface area (Å²) in [6.07, 6.45) is 0. The minimum Gasteiger partial charge on any atom is -0.504 e. The number of nitrogen functional groups attached to an aromatic ring is 1. The molecule has 1 aromatic heterocycles. The second kappa shape index (κ2) is 1.89. The molecule has 48 valence electrons. The van der Waals surface area contributed by atoms with Crippen molar-refractivity contribution < 1.29 is 9.50 Å². The number of aromatic hydroxyl groups is 1. The van der Waals surface area contributed by atoms with Crippen molar-refractivity contribution in [3.05, 3.63) is 18.1 Å². The Balaban J connectivity index is 3.17. The maximum atomic E-state index is 12.1. The zero-order valence-electron chi connectivity index (χ0n) is 4.50. The molecule has 1 heterocycles. The molecule has 4 heteroatoms. The number of hydrogen-bond acceptors (Lipinski definition) is 3. The van der Waals surface area contributed by atoms with Crippen molar-refractivity contribution in [2.75, 3.05) is 5.73 Å². The van der Waals surface area contributed by atoms with E-state index in [0.717, 1.165) is 6.07 Å². The number of pyridine rings is 1. The number of nitrogens with zero attached hydrogens (tertiary/aromatic N) is 1. The van der Waals surface area contributed by atoms with Gasteiger partial charge in [-0.25, -0.2) is 0 Å². The number of aromatic nitrogens is 1. The van der Waals surface area contributed by atoms with Gasteiger partial charge in [-0.05, 0) is 12.1 Å². The Morgan fingerprint density at radius 3 is 2.67 bits per heavy atom. The van der Waals surface area contributed by atoms with Gasteiger partial charge in [-0.15, -0.1) is 0 Å². The number of rotatable bonds is 0. The molecule has 1 rings (SSSR count). The van der Waals surface area contributed by atoms with Crippen molar-refractivity contribution in [3.8, 4) is 5.75 Å². The van der Waals surface area contributed by atoms with Gasteiger partial charge in [0, 0.05) is 0 Å². The van der Waals surface area contributed by atoms with Gasteiger partial charge >= 0.3 is 0 Å². The molecule has 0 fully saturated rings. The third kappa shape index (κ3) is 1.07. The fourth-order valence-corrected chi connectivity index (χ4v) is 0.441. The lowest BCUT2D eigenvalue weighted by molar-refractivity contribution is 0.420. The summed E-state index contributed by atoms with van der Waals surface area (Å²) < 4.78 is 12.1. The monoisotopic (exact) mass is 128 g/mol. The number of halogens is 1. The van der Waals surface area contributed by atoms with Crippen LogP contribution in [0.4, 0.5) is 10.2 Å². The van der Waals surface area contributed by atoms with Crippen LogP contribution in [0.3, 0.4) is 0 Å². The lowest BCUT2D eigenvalue weighted by Crippen LogP contribution is -1.91. The van der Waals surface area contributed by atoms with E-state index in [-0.39, 0.29) is 5.82 Å². The van der Waals surface area contributed by atoms with E-state index >= 15 is 0 Å². The summed E-state index contributed by atoms with van der Waals surface area (Å²) in [6.45, 7) is 0. The van der Waals surface area contributed by atoms with Gasteiger partial charge in [-0.3, -0.25) is 0 Å². The lowest BCUT2D eigenvalue weighted by atomic mass is 10.4. The van der Waals surface area contributed by atoms with Crippen LogP contribution < -0.4 is 5.73 Å². The van der Waals surface area contributed by atoms with E-state index in [0.29, 0.717) is 0 Å². The molecule has 0 saturated heterocycles. The largest absolute Gasteiger partial charge is 0.504 e. The Hall–Kier alpha value is -1.32. The molecule has 0 unspecified atom stereocenters. The Bertz CT molecular complexity index is 226. The predicted octanol–water partition coefficient (Wildman–Crippen LogP) is 0.508. The van der Waals surface area contributed by atoms with Crippen LogP contribution in [0.1, 0.15) is 0 Å². The molecule has 0 saturated carbocycles. The minimum atomic E-state index is -0.935. The zero-order valence-corrected chi connectivity index (χ0v) is 4.50. The second-order valence-electron chi connectivity index (χ2n) is 1.55. The van der Waals surface area contributed by atoms with Gasteiger partial charge < -0.3 is 10.8 Å². The molecule has 9 heavy (non-hydrogen) atoms. The van der Waals surface area contributed by atoms with Crippen molar-refractivity contribution in [2.45, 2.75) is 0 Å². The average molecular weight is 128 g/mol. The second-order valence-corrected chi connectivity index (χ2v) is 1.55. The van der Waals surface area contributed by atoms with E-state index in [1.165, 1.54) is 6.07 Å². The van der Waals surface area contributed by atoms with Gasteiger partial charge in [0.1, 0.15) is 5.82 Å². The van der Waals surface area contributed by atoms with E-state index < -0.39 is 11.7 Å². The van der Waals surface area contributed by atoms with Crippen LogP contribution in [0.5, 0.6) is 5.75 Å². The highest BCUT2D eigenvalue weighted by molar-refractivity contribution is 5.32. The fourth-order valence-electron chi connectivity index (χ4n) is 0.441. The molecule has 0 aliphatic rings. The molecule has 0 radical (unpaired) electrons. The molecular formula is C5H5FN2O. The number of anilines is 1. The van der Waals surface area contributed by atoms with Crippen LogP contribution in [0, 0.1) is 5.95 Å². The lowest BCUT2D eigenvalue weighted by Gasteiger charge is -1.92. The normalized spacial score (nSPS) is 9.44. The van der Waals surface area contributed by atoms with Crippen LogP contribution in [-0.4, -0.2) is 10.1 Å². The van der Waals surface area contributed by atoms with Gasteiger partial charge in [0.15, 0.2) is 5.75 Å². The molecule has 0 amide bonds. The predicted molar refractivity (Wildman–Crippen MR) is 30.3 cm³/mol. The maximum absolute atomic E-state index is 12.1. The van der Waals surface area contributed by atoms with Gasteiger partial charge in [-0.2, -0.15) is 9.37 Å². The molecule has 0 spiro atoms. The first-order valence-corrected chi connectivity index (χ1v) is 2.31. The van der Waals surface area contributed by atoms with Gasteiger partial charge in [0.25, 0.3) is 5.95 Å². The molecule has 0 bridgehead atoms. The molecule has 0 atom stereocenters. The quantitative estimate of drug-likeness (QED) is 0.500. The van der Waals surface area contributed by atoms with Crippen LogP contribution in [0.25, 0.3) is 0 Å². The molecular weight excluding hydrogens is 123 g/mol. The van der Waals surface area contributed by atoms with Gasteiger partial charge in [0.2, 0.25) is 0 Å². The first-order valence-electron chi connectivity index (χ1n) is 2.31. The summed E-state index contributed by atoms with van der Waals surface area (Å²) in [6, 6.07) is 2.47. The zero-order chi connectivity index (χ0) is 6.85. The Labute approximate surface area is 51.0 Å². The molecule has 0 aliphatic heterocycles. The van der Waals surface area contributed by atoms with Crippen LogP contribution in [0.2, 0.25) is 0 Å². The number of nitrogens with two attached hydrogens (primary N) is 1. The minimum absolute atomic E-state index is 0.0605. The molecule has 0 aliphatic carbocycles. The van der Waals surface area contributed by atoms with Gasteiger partial charge in [0.05, 0.1) is 0 Å². The van der Waals surface area contributed by atoms with E-state index in [1.807, 2.05) is 0 Å². The maximum Gasteiger partial charge on any atom is 0.256 e. The van der Waals surface area contributed by atoms with E-state index in [2.05, 4.69) is 4.98 Å². The summed E-state index contributed by atoms with van der Waals surface area (Å²) >= 11 is 0. The SMILES string of the molecule is Nc1ccc(O)c(F)n1.